The zero-order valence-electron chi connectivity index (χ0n) is 19.8. The van der Waals surface area contributed by atoms with Gasteiger partial charge in [-0.05, 0) is 59.9 Å². The lowest BCUT2D eigenvalue weighted by molar-refractivity contribution is -0.124. The third kappa shape index (κ3) is 4.67. The topological polar surface area (TPSA) is 77.7 Å². The smallest absolute Gasteiger partial charge is 0.256 e. The first-order chi connectivity index (χ1) is 17.5. The van der Waals surface area contributed by atoms with E-state index >= 15 is 0 Å². The molecule has 0 saturated carbocycles. The largest absolute Gasteiger partial charge is 0.495 e. The van der Waals surface area contributed by atoms with E-state index in [0.717, 1.165) is 16.5 Å². The number of methoxy groups -OCH3 is 1. The Morgan fingerprint density at radius 2 is 1.83 bits per heavy atom. The van der Waals surface area contributed by atoms with Crippen LogP contribution in [0.1, 0.15) is 12.0 Å². The van der Waals surface area contributed by atoms with E-state index in [1.165, 1.54) is 4.90 Å². The summed E-state index contributed by atoms with van der Waals surface area (Å²) in [7, 11) is 1.56. The van der Waals surface area contributed by atoms with Gasteiger partial charge in [-0.25, -0.2) is 0 Å². The number of ether oxygens (including phenoxy) is 1. The number of rotatable bonds is 8. The van der Waals surface area contributed by atoms with Crippen LogP contribution >= 0.6 is 12.2 Å². The Bertz CT molecular complexity index is 1420. The van der Waals surface area contributed by atoms with Crippen LogP contribution in [-0.4, -0.2) is 46.5 Å². The van der Waals surface area contributed by atoms with E-state index in [1.807, 2.05) is 77.8 Å². The van der Waals surface area contributed by atoms with Crippen molar-refractivity contribution >= 4 is 51.4 Å². The Hall–Kier alpha value is -4.17. The molecular formula is C28H26N4O3S. The molecule has 4 aromatic rings. The highest BCUT2D eigenvalue weighted by atomic mass is 32.1. The minimum absolute atomic E-state index is 0.0256. The van der Waals surface area contributed by atoms with Gasteiger partial charge in [-0.1, -0.05) is 48.5 Å². The van der Waals surface area contributed by atoms with Gasteiger partial charge in [0, 0.05) is 23.9 Å². The van der Waals surface area contributed by atoms with Crippen molar-refractivity contribution in [2.24, 2.45) is 0 Å². The summed E-state index contributed by atoms with van der Waals surface area (Å²) < 4.78 is 5.49. The maximum absolute atomic E-state index is 13.7. The molecule has 1 unspecified atom stereocenters. The first-order valence-corrected chi connectivity index (χ1v) is 12.1. The van der Waals surface area contributed by atoms with Crippen LogP contribution in [0.15, 0.2) is 85.1 Å². The molecule has 2 amide bonds. The van der Waals surface area contributed by atoms with Gasteiger partial charge in [-0.15, -0.1) is 0 Å². The Morgan fingerprint density at radius 1 is 1.06 bits per heavy atom. The number of benzene rings is 3. The first-order valence-electron chi connectivity index (χ1n) is 11.7. The molecule has 0 bridgehead atoms. The predicted octanol–water partition coefficient (Wildman–Crippen LogP) is 4.75. The number of nitrogens with zero attached hydrogens (tertiary/aromatic N) is 2. The molecule has 8 heteroatoms. The van der Waals surface area contributed by atoms with E-state index in [0.29, 0.717) is 35.2 Å². The van der Waals surface area contributed by atoms with Crippen molar-refractivity contribution in [3.8, 4) is 5.75 Å². The number of para-hydroxylation sites is 2. The Labute approximate surface area is 214 Å². The number of anilines is 2. The van der Waals surface area contributed by atoms with Crippen LogP contribution in [0, 0.1) is 0 Å². The van der Waals surface area contributed by atoms with Crippen molar-refractivity contribution in [3.63, 3.8) is 0 Å². The molecule has 2 heterocycles. The van der Waals surface area contributed by atoms with Crippen LogP contribution in [0.2, 0.25) is 0 Å². The van der Waals surface area contributed by atoms with Crippen molar-refractivity contribution in [2.75, 3.05) is 23.9 Å². The molecule has 1 atom stereocenters. The molecular weight excluding hydrogens is 472 g/mol. The first kappa shape index (κ1) is 23.6. The molecule has 182 valence electrons. The molecule has 0 spiro atoms. The lowest BCUT2D eigenvalue weighted by atomic mass is 10.1. The quantitative estimate of drug-likeness (QED) is 0.343. The van der Waals surface area contributed by atoms with E-state index in [2.05, 4.69) is 10.3 Å². The second-order valence-corrected chi connectivity index (χ2v) is 8.97. The maximum Gasteiger partial charge on any atom is 0.256 e. The normalized spacial score (nSPS) is 15.5. The number of fused-ring (bicyclic) bond motifs is 1. The number of nitrogens with one attached hydrogen (secondary N) is 2. The molecule has 1 fully saturated rings. The Morgan fingerprint density at radius 3 is 2.64 bits per heavy atom. The minimum atomic E-state index is -0.722. The number of thiocarbonyl (C=S) groups is 1. The summed E-state index contributed by atoms with van der Waals surface area (Å²) in [6.07, 6.45) is 2.52. The molecule has 36 heavy (non-hydrogen) atoms. The van der Waals surface area contributed by atoms with Gasteiger partial charge in [0.25, 0.3) is 5.91 Å². The highest BCUT2D eigenvalue weighted by molar-refractivity contribution is 7.80. The second kappa shape index (κ2) is 10.2. The summed E-state index contributed by atoms with van der Waals surface area (Å²) in [6.45, 7) is 0.507. The van der Waals surface area contributed by atoms with Crippen LogP contribution in [0.5, 0.6) is 5.75 Å². The fourth-order valence-electron chi connectivity index (χ4n) is 4.53. The number of aromatic amines is 1. The second-order valence-electron chi connectivity index (χ2n) is 8.60. The average Bonchev–Trinajstić information content (AvgIpc) is 3.45. The number of carbonyl (C=O) groups is 2. The fourth-order valence-corrected chi connectivity index (χ4v) is 4.94. The predicted molar refractivity (Wildman–Crippen MR) is 145 cm³/mol. The van der Waals surface area contributed by atoms with E-state index in [4.69, 9.17) is 17.0 Å². The molecule has 1 aromatic heterocycles. The zero-order chi connectivity index (χ0) is 25.1. The van der Waals surface area contributed by atoms with Gasteiger partial charge in [-0.3, -0.25) is 14.5 Å². The summed E-state index contributed by atoms with van der Waals surface area (Å²) in [5, 5.41) is 4.36. The van der Waals surface area contributed by atoms with Crippen LogP contribution < -0.4 is 15.0 Å². The highest BCUT2D eigenvalue weighted by Gasteiger charge is 2.44. The van der Waals surface area contributed by atoms with Crippen LogP contribution in [0.25, 0.3) is 10.9 Å². The molecule has 2 N–H and O–H groups in total. The SMILES string of the molecule is COc1ccccc1N1C(=O)C(CC(=O)Nc2ccc3cc[nH]c3c2)N(CCc2ccccc2)C1=S. The van der Waals surface area contributed by atoms with Gasteiger partial charge in [0.15, 0.2) is 5.11 Å². The fraction of sp³-hybridized carbons (Fsp3) is 0.179. The van der Waals surface area contributed by atoms with Crippen LogP contribution in [0.3, 0.4) is 0 Å². The summed E-state index contributed by atoms with van der Waals surface area (Å²) in [4.78, 5) is 33.3. The van der Waals surface area contributed by atoms with Crippen molar-refractivity contribution in [3.05, 3.63) is 90.6 Å². The van der Waals surface area contributed by atoms with Crippen molar-refractivity contribution in [1.82, 2.24) is 9.88 Å². The van der Waals surface area contributed by atoms with E-state index in [9.17, 15) is 9.59 Å². The summed E-state index contributed by atoms with van der Waals surface area (Å²) in [5.41, 5.74) is 3.30. The molecule has 5 rings (SSSR count). The summed E-state index contributed by atoms with van der Waals surface area (Å²) >= 11 is 5.79. The number of hydrogen-bond donors (Lipinski definition) is 2. The molecule has 3 aromatic carbocycles. The highest BCUT2D eigenvalue weighted by Crippen LogP contribution is 2.34. The minimum Gasteiger partial charge on any atom is -0.495 e. The van der Waals surface area contributed by atoms with Gasteiger partial charge in [0.05, 0.1) is 19.2 Å². The molecule has 1 aliphatic heterocycles. The molecule has 1 saturated heterocycles. The Balaban J connectivity index is 1.39. The average molecular weight is 499 g/mol. The van der Waals surface area contributed by atoms with Gasteiger partial charge >= 0.3 is 0 Å². The number of aromatic nitrogens is 1. The molecule has 1 aliphatic rings. The van der Waals surface area contributed by atoms with Gasteiger partial charge in [0.2, 0.25) is 5.91 Å². The third-order valence-electron chi connectivity index (χ3n) is 6.35. The molecule has 0 aliphatic carbocycles. The maximum atomic E-state index is 13.7. The van der Waals surface area contributed by atoms with E-state index in [-0.39, 0.29) is 18.2 Å². The van der Waals surface area contributed by atoms with E-state index < -0.39 is 6.04 Å². The number of H-pyrrole nitrogens is 1. The third-order valence-corrected chi connectivity index (χ3v) is 6.76. The van der Waals surface area contributed by atoms with Gasteiger partial charge in [-0.2, -0.15) is 0 Å². The lowest BCUT2D eigenvalue weighted by Gasteiger charge is -2.24. The lowest BCUT2D eigenvalue weighted by Crippen LogP contribution is -2.39. The zero-order valence-corrected chi connectivity index (χ0v) is 20.6. The number of carbonyl (C=O) groups excluding carboxylic acids is 2. The molecule has 0 radical (unpaired) electrons. The van der Waals surface area contributed by atoms with Crippen molar-refractivity contribution in [2.45, 2.75) is 18.9 Å². The monoisotopic (exact) mass is 498 g/mol. The summed E-state index contributed by atoms with van der Waals surface area (Å²) in [6, 6.07) is 24.2. The standard InChI is InChI=1S/C28H26N4O3S/c1-35-25-10-6-5-9-23(25)32-27(34)24(31(28(32)36)16-14-19-7-3-2-4-8-19)18-26(33)30-21-12-11-20-13-15-29-22(20)17-21/h2-13,15,17,24,29H,14,16,18H2,1H3,(H,30,33). The van der Waals surface area contributed by atoms with Crippen molar-refractivity contribution in [1.29, 1.82) is 0 Å². The summed E-state index contributed by atoms with van der Waals surface area (Å²) in [5.74, 6) is 0.0433. The van der Waals surface area contributed by atoms with Crippen LogP contribution in [0.4, 0.5) is 11.4 Å². The van der Waals surface area contributed by atoms with Gasteiger partial charge in [0.1, 0.15) is 11.8 Å². The van der Waals surface area contributed by atoms with Crippen LogP contribution in [-0.2, 0) is 16.0 Å². The van der Waals surface area contributed by atoms with Gasteiger partial charge < -0.3 is 19.9 Å². The molecule has 7 nitrogen and oxygen atoms in total. The Kier molecular flexibility index (Phi) is 6.69. The number of hydrogen-bond acceptors (Lipinski definition) is 4. The van der Waals surface area contributed by atoms with E-state index in [1.54, 1.807) is 19.2 Å². The number of amides is 2. The van der Waals surface area contributed by atoms with Crippen molar-refractivity contribution < 1.29 is 14.3 Å².